The first-order chi connectivity index (χ1) is 16.3. The van der Waals surface area contributed by atoms with Crippen LogP contribution in [0.25, 0.3) is 11.0 Å². The molecule has 0 unspecified atom stereocenters. The minimum Gasteiger partial charge on any atom is -0.493 e. The Morgan fingerprint density at radius 3 is 2.35 bits per heavy atom. The van der Waals surface area contributed by atoms with Crippen molar-refractivity contribution in [1.29, 1.82) is 0 Å². The second-order valence-electron chi connectivity index (χ2n) is 7.56. The Balaban J connectivity index is 1.64. The standard InChI is InChI=1S/C25H22ClF3N2O2S/c1-32-22-10-3-16(13-23(22)33-2)11-12-31-21-9-4-17(25(27,28)29)14-20(21)30-24(31)15-34-19-7-5-18(26)6-8-19/h3-10,13-14H,11-12,15H2,1-2H3. The molecule has 0 bridgehead atoms. The summed E-state index contributed by atoms with van der Waals surface area (Å²) in [5.74, 6) is 2.47. The molecule has 0 aliphatic heterocycles. The van der Waals surface area contributed by atoms with Crippen molar-refractivity contribution >= 4 is 34.4 Å². The molecule has 3 aromatic carbocycles. The number of benzene rings is 3. The molecule has 0 aliphatic carbocycles. The largest absolute Gasteiger partial charge is 0.493 e. The topological polar surface area (TPSA) is 36.3 Å². The second-order valence-corrected chi connectivity index (χ2v) is 9.05. The fraction of sp³-hybridized carbons (Fsp3) is 0.240. The van der Waals surface area contributed by atoms with E-state index >= 15 is 0 Å². The van der Waals surface area contributed by atoms with Crippen molar-refractivity contribution in [1.82, 2.24) is 9.55 Å². The van der Waals surface area contributed by atoms with E-state index in [0.717, 1.165) is 22.6 Å². The normalized spacial score (nSPS) is 11.7. The van der Waals surface area contributed by atoms with E-state index < -0.39 is 11.7 Å². The quantitative estimate of drug-likeness (QED) is 0.236. The average molecular weight is 507 g/mol. The molecule has 0 N–H and O–H groups in total. The number of hydrogen-bond donors (Lipinski definition) is 0. The molecular formula is C25H22ClF3N2O2S. The minimum atomic E-state index is -4.42. The van der Waals surface area contributed by atoms with Crippen molar-refractivity contribution < 1.29 is 22.6 Å². The summed E-state index contributed by atoms with van der Waals surface area (Å²) >= 11 is 7.52. The summed E-state index contributed by atoms with van der Waals surface area (Å²) in [6.45, 7) is 0.549. The van der Waals surface area contributed by atoms with Crippen LogP contribution in [0.5, 0.6) is 11.5 Å². The summed E-state index contributed by atoms with van der Waals surface area (Å²) in [4.78, 5) is 5.56. The van der Waals surface area contributed by atoms with Crippen LogP contribution in [-0.4, -0.2) is 23.8 Å². The van der Waals surface area contributed by atoms with Crippen LogP contribution >= 0.6 is 23.4 Å². The van der Waals surface area contributed by atoms with E-state index in [1.807, 2.05) is 34.9 Å². The van der Waals surface area contributed by atoms with Crippen molar-refractivity contribution in [2.24, 2.45) is 0 Å². The summed E-state index contributed by atoms with van der Waals surface area (Å²) in [5.41, 5.74) is 1.30. The number of rotatable bonds is 8. The van der Waals surface area contributed by atoms with Gasteiger partial charge in [-0.1, -0.05) is 17.7 Å². The number of fused-ring (bicyclic) bond motifs is 1. The van der Waals surface area contributed by atoms with E-state index in [0.29, 0.717) is 52.1 Å². The molecule has 4 aromatic rings. The van der Waals surface area contributed by atoms with Gasteiger partial charge in [0.2, 0.25) is 0 Å². The van der Waals surface area contributed by atoms with Crippen LogP contribution in [0.2, 0.25) is 5.02 Å². The lowest BCUT2D eigenvalue weighted by Crippen LogP contribution is -2.07. The molecule has 1 aromatic heterocycles. The Kier molecular flexibility index (Phi) is 7.28. The van der Waals surface area contributed by atoms with Crippen LogP contribution in [-0.2, 0) is 24.9 Å². The number of alkyl halides is 3. The van der Waals surface area contributed by atoms with Gasteiger partial charge in [-0.2, -0.15) is 13.2 Å². The molecule has 1 heterocycles. The van der Waals surface area contributed by atoms with Crippen LogP contribution in [0.4, 0.5) is 13.2 Å². The van der Waals surface area contributed by atoms with E-state index in [-0.39, 0.29) is 0 Å². The maximum Gasteiger partial charge on any atom is 0.416 e. The molecule has 0 saturated carbocycles. The van der Waals surface area contributed by atoms with Crippen LogP contribution in [0.1, 0.15) is 17.0 Å². The predicted molar refractivity (Wildman–Crippen MR) is 129 cm³/mol. The molecule has 4 nitrogen and oxygen atoms in total. The maximum atomic E-state index is 13.3. The number of nitrogens with zero attached hydrogens (tertiary/aromatic N) is 2. The summed E-state index contributed by atoms with van der Waals surface area (Å²) in [6.07, 6.45) is -3.78. The third-order valence-electron chi connectivity index (χ3n) is 5.41. The highest BCUT2D eigenvalue weighted by Gasteiger charge is 2.31. The van der Waals surface area contributed by atoms with E-state index in [2.05, 4.69) is 4.98 Å². The van der Waals surface area contributed by atoms with Crippen molar-refractivity contribution in [2.75, 3.05) is 14.2 Å². The lowest BCUT2D eigenvalue weighted by molar-refractivity contribution is -0.137. The predicted octanol–water partition coefficient (Wildman–Crippen LogP) is 7.26. The van der Waals surface area contributed by atoms with Crippen LogP contribution in [0.15, 0.2) is 65.6 Å². The number of imidazole rings is 1. The number of aryl methyl sites for hydroxylation is 2. The van der Waals surface area contributed by atoms with Gasteiger partial charge in [0.15, 0.2) is 11.5 Å². The maximum absolute atomic E-state index is 13.3. The summed E-state index contributed by atoms with van der Waals surface area (Å²) in [6, 6.07) is 16.8. The molecule has 0 aliphatic rings. The van der Waals surface area contributed by atoms with Gasteiger partial charge >= 0.3 is 6.18 Å². The number of halogens is 4. The second kappa shape index (κ2) is 10.2. The van der Waals surface area contributed by atoms with Gasteiger partial charge in [-0.05, 0) is 66.6 Å². The molecule has 0 amide bonds. The van der Waals surface area contributed by atoms with Gasteiger partial charge in [0.25, 0.3) is 0 Å². The highest BCUT2D eigenvalue weighted by molar-refractivity contribution is 7.98. The van der Waals surface area contributed by atoms with E-state index in [1.165, 1.54) is 6.07 Å². The van der Waals surface area contributed by atoms with Gasteiger partial charge in [-0.15, -0.1) is 11.8 Å². The minimum absolute atomic E-state index is 0.328. The molecule has 178 valence electrons. The fourth-order valence-corrected chi connectivity index (χ4v) is 4.64. The molecular weight excluding hydrogens is 485 g/mol. The third kappa shape index (κ3) is 5.45. The molecule has 9 heteroatoms. The monoisotopic (exact) mass is 506 g/mol. The van der Waals surface area contributed by atoms with Gasteiger partial charge in [-0.25, -0.2) is 4.98 Å². The highest BCUT2D eigenvalue weighted by Crippen LogP contribution is 2.33. The molecule has 0 atom stereocenters. The van der Waals surface area contributed by atoms with Gasteiger partial charge in [0, 0.05) is 16.5 Å². The van der Waals surface area contributed by atoms with Gasteiger partial charge in [0.05, 0.1) is 36.6 Å². The van der Waals surface area contributed by atoms with Crippen molar-refractivity contribution in [3.63, 3.8) is 0 Å². The zero-order chi connectivity index (χ0) is 24.3. The number of methoxy groups -OCH3 is 2. The Morgan fingerprint density at radius 1 is 0.941 bits per heavy atom. The van der Waals surface area contributed by atoms with Crippen LogP contribution in [0.3, 0.4) is 0 Å². The van der Waals surface area contributed by atoms with E-state index in [1.54, 1.807) is 38.1 Å². The van der Waals surface area contributed by atoms with Crippen molar-refractivity contribution in [3.8, 4) is 11.5 Å². The van der Waals surface area contributed by atoms with Gasteiger partial charge < -0.3 is 14.0 Å². The van der Waals surface area contributed by atoms with E-state index in [4.69, 9.17) is 21.1 Å². The molecule has 34 heavy (non-hydrogen) atoms. The Bertz CT molecular complexity index is 1290. The Labute approximate surface area is 204 Å². The van der Waals surface area contributed by atoms with Crippen molar-refractivity contribution in [2.45, 2.75) is 29.8 Å². The van der Waals surface area contributed by atoms with E-state index in [9.17, 15) is 13.2 Å². The smallest absolute Gasteiger partial charge is 0.416 e. The average Bonchev–Trinajstić information content (AvgIpc) is 3.18. The summed E-state index contributed by atoms with van der Waals surface area (Å²) in [5, 5.41) is 0.645. The molecule has 0 spiro atoms. The fourth-order valence-electron chi connectivity index (χ4n) is 3.67. The zero-order valence-corrected chi connectivity index (χ0v) is 20.1. The molecule has 0 saturated heterocycles. The number of ether oxygens (including phenoxy) is 2. The highest BCUT2D eigenvalue weighted by atomic mass is 35.5. The van der Waals surface area contributed by atoms with Gasteiger partial charge in [0.1, 0.15) is 5.82 Å². The number of aromatic nitrogens is 2. The Hall–Kier alpha value is -2.84. The molecule has 0 radical (unpaired) electrons. The number of hydrogen-bond acceptors (Lipinski definition) is 4. The van der Waals surface area contributed by atoms with Gasteiger partial charge in [-0.3, -0.25) is 0 Å². The first-order valence-corrected chi connectivity index (χ1v) is 11.8. The molecule has 4 rings (SSSR count). The first kappa shape index (κ1) is 24.3. The summed E-state index contributed by atoms with van der Waals surface area (Å²) in [7, 11) is 3.16. The zero-order valence-electron chi connectivity index (χ0n) is 18.5. The third-order valence-corrected chi connectivity index (χ3v) is 6.67. The van der Waals surface area contributed by atoms with Crippen LogP contribution < -0.4 is 9.47 Å². The molecule has 0 fully saturated rings. The summed E-state index contributed by atoms with van der Waals surface area (Å²) < 4.78 is 52.4. The lowest BCUT2D eigenvalue weighted by atomic mass is 10.1. The SMILES string of the molecule is COc1ccc(CCn2c(CSc3ccc(Cl)cc3)nc3cc(C(F)(F)F)ccc32)cc1OC. The lowest BCUT2D eigenvalue weighted by Gasteiger charge is -2.12. The number of thioether (sulfide) groups is 1. The van der Waals surface area contributed by atoms with Crippen molar-refractivity contribution in [3.05, 3.63) is 82.6 Å². The van der Waals surface area contributed by atoms with Crippen LogP contribution in [0, 0.1) is 0 Å². The first-order valence-electron chi connectivity index (χ1n) is 10.4. The Morgan fingerprint density at radius 2 is 1.68 bits per heavy atom.